The molecule has 0 bridgehead atoms. The van der Waals surface area contributed by atoms with Crippen LogP contribution in [0, 0.1) is 5.92 Å². The molecule has 2 nitrogen and oxygen atoms in total. The van der Waals surface area contributed by atoms with Gasteiger partial charge in [-0.1, -0.05) is 37.3 Å². The van der Waals surface area contributed by atoms with E-state index in [4.69, 9.17) is 0 Å². The zero-order valence-corrected chi connectivity index (χ0v) is 13.2. The van der Waals surface area contributed by atoms with Gasteiger partial charge in [0.1, 0.15) is 0 Å². The molecule has 2 fully saturated rings. The predicted octanol–water partition coefficient (Wildman–Crippen LogP) is 3.16. The van der Waals surface area contributed by atoms with Gasteiger partial charge in [-0.25, -0.2) is 0 Å². The van der Waals surface area contributed by atoms with E-state index < -0.39 is 0 Å². The summed E-state index contributed by atoms with van der Waals surface area (Å²) in [4.78, 5) is 2.75. The van der Waals surface area contributed by atoms with Crippen LogP contribution >= 0.6 is 11.8 Å². The lowest BCUT2D eigenvalue weighted by Crippen LogP contribution is -2.53. The van der Waals surface area contributed by atoms with Crippen LogP contribution < -0.4 is 5.32 Å². The first-order chi connectivity index (χ1) is 9.86. The van der Waals surface area contributed by atoms with Gasteiger partial charge in [-0.2, -0.15) is 11.8 Å². The highest BCUT2D eigenvalue weighted by Gasteiger charge is 2.30. The van der Waals surface area contributed by atoms with Crippen molar-refractivity contribution >= 4 is 11.8 Å². The quantitative estimate of drug-likeness (QED) is 0.917. The van der Waals surface area contributed by atoms with Gasteiger partial charge in [-0.15, -0.1) is 0 Å². The van der Waals surface area contributed by atoms with Gasteiger partial charge in [0.15, 0.2) is 0 Å². The molecular weight excluding hydrogens is 264 g/mol. The van der Waals surface area contributed by atoms with Gasteiger partial charge in [-0.05, 0) is 35.8 Å². The van der Waals surface area contributed by atoms with Crippen LogP contribution in [-0.2, 0) is 0 Å². The summed E-state index contributed by atoms with van der Waals surface area (Å²) in [7, 11) is 0. The minimum atomic E-state index is 0.507. The highest BCUT2D eigenvalue weighted by molar-refractivity contribution is 7.99. The minimum Gasteiger partial charge on any atom is -0.307 e. The van der Waals surface area contributed by atoms with Crippen molar-refractivity contribution in [3.05, 3.63) is 35.9 Å². The number of rotatable bonds is 4. The van der Waals surface area contributed by atoms with Crippen LogP contribution in [0.4, 0.5) is 0 Å². The van der Waals surface area contributed by atoms with Crippen LogP contribution in [-0.4, -0.2) is 42.1 Å². The Kier molecular flexibility index (Phi) is 5.03. The van der Waals surface area contributed by atoms with Crippen molar-refractivity contribution in [2.45, 2.75) is 31.8 Å². The second-order valence-electron chi connectivity index (χ2n) is 6.12. The third-order valence-electron chi connectivity index (χ3n) is 4.72. The average molecular weight is 290 g/mol. The van der Waals surface area contributed by atoms with Crippen molar-refractivity contribution < 1.29 is 0 Å². The van der Waals surface area contributed by atoms with E-state index in [2.05, 4.69) is 59.2 Å². The molecular formula is C17H26N2S. The Morgan fingerprint density at radius 3 is 2.85 bits per heavy atom. The van der Waals surface area contributed by atoms with E-state index in [1.165, 1.54) is 43.0 Å². The number of nitrogens with zero attached hydrogens (tertiary/aromatic N) is 1. The molecule has 0 amide bonds. The Morgan fingerprint density at radius 2 is 2.15 bits per heavy atom. The summed E-state index contributed by atoms with van der Waals surface area (Å²) in [6.45, 7) is 5.93. The Labute approximate surface area is 127 Å². The first-order valence-electron chi connectivity index (χ1n) is 7.97. The third kappa shape index (κ3) is 3.38. The molecule has 0 aromatic heterocycles. The van der Waals surface area contributed by atoms with Gasteiger partial charge in [0.25, 0.3) is 0 Å². The molecule has 1 aromatic carbocycles. The highest BCUT2D eigenvalue weighted by atomic mass is 32.2. The number of thioether (sulfide) groups is 1. The van der Waals surface area contributed by atoms with Crippen LogP contribution in [0.25, 0.3) is 0 Å². The van der Waals surface area contributed by atoms with Crippen molar-refractivity contribution in [1.29, 1.82) is 0 Å². The molecule has 0 radical (unpaired) electrons. The molecule has 2 aliphatic heterocycles. The maximum absolute atomic E-state index is 3.74. The molecule has 3 atom stereocenters. The number of benzene rings is 1. The maximum Gasteiger partial charge on any atom is 0.0449 e. The maximum atomic E-state index is 3.74. The summed E-state index contributed by atoms with van der Waals surface area (Å²) in [6.07, 6.45) is 2.68. The molecule has 0 aliphatic carbocycles. The van der Waals surface area contributed by atoms with Crippen molar-refractivity contribution in [2.24, 2.45) is 5.92 Å². The summed E-state index contributed by atoms with van der Waals surface area (Å²) >= 11 is 2.13. The fraction of sp³-hybridized carbons (Fsp3) is 0.647. The third-order valence-corrected chi connectivity index (χ3v) is 5.95. The van der Waals surface area contributed by atoms with Crippen molar-refractivity contribution in [1.82, 2.24) is 10.2 Å². The molecule has 110 valence electrons. The van der Waals surface area contributed by atoms with Crippen molar-refractivity contribution in [3.63, 3.8) is 0 Å². The fourth-order valence-electron chi connectivity index (χ4n) is 3.45. The number of nitrogens with one attached hydrogen (secondary N) is 1. The van der Waals surface area contributed by atoms with E-state index in [0.29, 0.717) is 6.04 Å². The Hall–Kier alpha value is -0.510. The summed E-state index contributed by atoms with van der Waals surface area (Å²) in [5, 5.41) is 3.74. The first kappa shape index (κ1) is 14.4. The van der Waals surface area contributed by atoms with Crippen molar-refractivity contribution in [2.75, 3.05) is 31.1 Å². The van der Waals surface area contributed by atoms with Crippen molar-refractivity contribution in [3.8, 4) is 0 Å². The van der Waals surface area contributed by atoms with Crippen LogP contribution in [0.5, 0.6) is 0 Å². The average Bonchev–Trinajstić information content (AvgIpc) is 3.01. The summed E-state index contributed by atoms with van der Waals surface area (Å²) < 4.78 is 0. The van der Waals surface area contributed by atoms with E-state index in [9.17, 15) is 0 Å². The van der Waals surface area contributed by atoms with Gasteiger partial charge >= 0.3 is 0 Å². The molecule has 3 rings (SSSR count). The molecule has 0 saturated carbocycles. The summed E-state index contributed by atoms with van der Waals surface area (Å²) in [6, 6.07) is 12.2. The Morgan fingerprint density at radius 1 is 1.30 bits per heavy atom. The second kappa shape index (κ2) is 6.97. The van der Waals surface area contributed by atoms with Crippen LogP contribution in [0.3, 0.4) is 0 Å². The molecule has 3 heteroatoms. The number of piperazine rings is 1. The van der Waals surface area contributed by atoms with E-state index in [1.54, 1.807) is 0 Å². The molecule has 2 aliphatic rings. The number of hydrogen-bond donors (Lipinski definition) is 1. The summed E-state index contributed by atoms with van der Waals surface area (Å²) in [5.74, 6) is 3.66. The highest BCUT2D eigenvalue weighted by Crippen LogP contribution is 2.27. The Balaban J connectivity index is 1.65. The Bertz CT molecular complexity index is 403. The molecule has 1 N–H and O–H groups in total. The van der Waals surface area contributed by atoms with E-state index in [1.807, 2.05) is 0 Å². The van der Waals surface area contributed by atoms with Gasteiger partial charge in [0.2, 0.25) is 0 Å². The predicted molar refractivity (Wildman–Crippen MR) is 88.3 cm³/mol. The van der Waals surface area contributed by atoms with E-state index in [0.717, 1.165) is 18.5 Å². The molecule has 0 spiro atoms. The van der Waals surface area contributed by atoms with Crippen LogP contribution in [0.1, 0.15) is 31.4 Å². The smallest absolute Gasteiger partial charge is 0.0449 e. The van der Waals surface area contributed by atoms with Gasteiger partial charge < -0.3 is 5.32 Å². The SMILES string of the molecule is CCC1CNC(c2ccccc2)CN1CC1CCSC1. The largest absolute Gasteiger partial charge is 0.307 e. The lowest BCUT2D eigenvalue weighted by atomic mass is 9.98. The molecule has 1 aromatic rings. The second-order valence-corrected chi connectivity index (χ2v) is 7.27. The molecule has 3 unspecified atom stereocenters. The van der Waals surface area contributed by atoms with Gasteiger partial charge in [-0.3, -0.25) is 4.90 Å². The minimum absolute atomic E-state index is 0.507. The zero-order chi connectivity index (χ0) is 13.8. The molecule has 2 saturated heterocycles. The topological polar surface area (TPSA) is 15.3 Å². The molecule has 2 heterocycles. The van der Waals surface area contributed by atoms with Gasteiger partial charge in [0, 0.05) is 31.7 Å². The van der Waals surface area contributed by atoms with Crippen LogP contribution in [0.2, 0.25) is 0 Å². The zero-order valence-electron chi connectivity index (χ0n) is 12.4. The van der Waals surface area contributed by atoms with E-state index >= 15 is 0 Å². The fourth-order valence-corrected chi connectivity index (χ4v) is 4.72. The van der Waals surface area contributed by atoms with Gasteiger partial charge in [0.05, 0.1) is 0 Å². The lowest BCUT2D eigenvalue weighted by molar-refractivity contribution is 0.111. The van der Waals surface area contributed by atoms with Crippen LogP contribution in [0.15, 0.2) is 30.3 Å². The van der Waals surface area contributed by atoms with E-state index in [-0.39, 0.29) is 0 Å². The first-order valence-corrected chi connectivity index (χ1v) is 9.12. The monoisotopic (exact) mass is 290 g/mol. The summed E-state index contributed by atoms with van der Waals surface area (Å²) in [5.41, 5.74) is 1.44. The normalized spacial score (nSPS) is 31.6. The molecule has 20 heavy (non-hydrogen) atoms. The standard InChI is InChI=1S/C17H26N2S/c1-2-16-10-18-17(15-6-4-3-5-7-15)12-19(16)11-14-8-9-20-13-14/h3-7,14,16-18H,2,8-13H2,1H3. The lowest BCUT2D eigenvalue weighted by Gasteiger charge is -2.41. The number of hydrogen-bond acceptors (Lipinski definition) is 3.